The molecule has 2 aromatic carbocycles. The summed E-state index contributed by atoms with van der Waals surface area (Å²) in [4.78, 5) is 29.4. The predicted octanol–water partition coefficient (Wildman–Crippen LogP) is 5.09. The molecule has 0 atom stereocenters. The van der Waals surface area contributed by atoms with Crippen LogP contribution < -0.4 is 19.5 Å². The van der Waals surface area contributed by atoms with Crippen LogP contribution in [0.2, 0.25) is 0 Å². The van der Waals surface area contributed by atoms with E-state index in [2.05, 4.69) is 10.3 Å². The lowest BCUT2D eigenvalue weighted by Crippen LogP contribution is -2.40. The summed E-state index contributed by atoms with van der Waals surface area (Å²) >= 11 is 1.37. The van der Waals surface area contributed by atoms with Gasteiger partial charge in [0.15, 0.2) is 11.5 Å². The summed E-state index contributed by atoms with van der Waals surface area (Å²) in [5.41, 5.74) is 2.05. The second-order valence-electron chi connectivity index (χ2n) is 8.43. The lowest BCUT2D eigenvalue weighted by molar-refractivity contribution is 0.103. The fourth-order valence-electron chi connectivity index (χ4n) is 3.11. The highest BCUT2D eigenvalue weighted by Gasteiger charge is 2.20. The third-order valence-electron chi connectivity index (χ3n) is 4.71. The minimum atomic E-state index is -0.466. The molecule has 1 aromatic heterocycles. The Bertz CT molecular complexity index is 1140. The Labute approximate surface area is 202 Å². The van der Waals surface area contributed by atoms with Gasteiger partial charge in [-0.15, -0.1) is 11.3 Å². The molecule has 0 bridgehead atoms. The van der Waals surface area contributed by atoms with Gasteiger partial charge in [0.1, 0.15) is 17.3 Å². The van der Waals surface area contributed by atoms with Crippen molar-refractivity contribution in [2.24, 2.45) is 0 Å². The van der Waals surface area contributed by atoms with E-state index in [0.29, 0.717) is 33.5 Å². The summed E-state index contributed by atoms with van der Waals surface area (Å²) in [5.74, 6) is 0.960. The number of hydrogen-bond acceptors (Lipinski definition) is 8. The predicted molar refractivity (Wildman–Crippen MR) is 130 cm³/mol. The van der Waals surface area contributed by atoms with E-state index >= 15 is 0 Å². The van der Waals surface area contributed by atoms with Gasteiger partial charge < -0.3 is 24.3 Å². The average molecular weight is 485 g/mol. The van der Waals surface area contributed by atoms with Crippen molar-refractivity contribution in [2.75, 3.05) is 21.3 Å². The van der Waals surface area contributed by atoms with Gasteiger partial charge in [0.05, 0.1) is 21.3 Å². The number of aromatic nitrogens is 1. The third kappa shape index (κ3) is 6.05. The molecule has 3 aromatic rings. The SMILES string of the molecule is COc1cc(C(=O)c2csc(-c3ccc(COC(=O)NC(C)(C)C)cc3)n2)cc(OC)c1OC. The zero-order valence-electron chi connectivity index (χ0n) is 20.1. The summed E-state index contributed by atoms with van der Waals surface area (Å²) in [6, 6.07) is 10.7. The first-order valence-corrected chi connectivity index (χ1v) is 11.4. The van der Waals surface area contributed by atoms with Crippen LogP contribution in [0.5, 0.6) is 17.2 Å². The maximum Gasteiger partial charge on any atom is 0.407 e. The van der Waals surface area contributed by atoms with E-state index < -0.39 is 6.09 Å². The number of thiazole rings is 1. The third-order valence-corrected chi connectivity index (χ3v) is 5.60. The smallest absolute Gasteiger partial charge is 0.407 e. The highest BCUT2D eigenvalue weighted by Crippen LogP contribution is 2.39. The van der Waals surface area contributed by atoms with E-state index in [-0.39, 0.29) is 17.9 Å². The van der Waals surface area contributed by atoms with Gasteiger partial charge in [0.2, 0.25) is 11.5 Å². The van der Waals surface area contributed by atoms with Gasteiger partial charge in [0.25, 0.3) is 0 Å². The van der Waals surface area contributed by atoms with Crippen molar-refractivity contribution < 1.29 is 28.5 Å². The first kappa shape index (κ1) is 25.0. The number of ether oxygens (including phenoxy) is 4. The van der Waals surface area contributed by atoms with Crippen LogP contribution in [0, 0.1) is 0 Å². The number of alkyl carbamates (subject to hydrolysis) is 1. The molecule has 0 spiro atoms. The molecular weight excluding hydrogens is 456 g/mol. The van der Waals surface area contributed by atoms with Gasteiger partial charge in [-0.2, -0.15) is 0 Å². The number of hydrogen-bond donors (Lipinski definition) is 1. The van der Waals surface area contributed by atoms with Gasteiger partial charge in [-0.05, 0) is 38.5 Å². The average Bonchev–Trinajstić information content (AvgIpc) is 3.30. The molecule has 180 valence electrons. The van der Waals surface area contributed by atoms with E-state index in [0.717, 1.165) is 11.1 Å². The quantitative estimate of drug-likeness (QED) is 0.445. The number of nitrogens with zero attached hydrogens (tertiary/aromatic N) is 1. The molecule has 1 heterocycles. The molecular formula is C25H28N2O6S. The van der Waals surface area contributed by atoms with E-state index in [1.54, 1.807) is 17.5 Å². The molecule has 0 aliphatic rings. The molecule has 0 unspecified atom stereocenters. The van der Waals surface area contributed by atoms with Gasteiger partial charge in [0, 0.05) is 22.0 Å². The second kappa shape index (κ2) is 10.6. The van der Waals surface area contributed by atoms with Crippen molar-refractivity contribution in [1.29, 1.82) is 0 Å². The number of rotatable bonds is 8. The van der Waals surface area contributed by atoms with E-state index in [9.17, 15) is 9.59 Å². The number of ketones is 1. The number of benzene rings is 2. The lowest BCUT2D eigenvalue weighted by atomic mass is 10.1. The number of carbonyl (C=O) groups is 2. The van der Waals surface area contributed by atoms with Crippen molar-refractivity contribution in [3.8, 4) is 27.8 Å². The second-order valence-corrected chi connectivity index (χ2v) is 9.29. The zero-order chi connectivity index (χ0) is 24.9. The Kier molecular flexibility index (Phi) is 7.78. The highest BCUT2D eigenvalue weighted by atomic mass is 32.1. The van der Waals surface area contributed by atoms with Gasteiger partial charge in [-0.25, -0.2) is 9.78 Å². The van der Waals surface area contributed by atoms with Crippen LogP contribution in [0.1, 0.15) is 42.4 Å². The van der Waals surface area contributed by atoms with Crippen molar-refractivity contribution in [3.63, 3.8) is 0 Å². The van der Waals surface area contributed by atoms with Crippen molar-refractivity contribution >= 4 is 23.2 Å². The molecule has 1 amide bonds. The molecule has 1 N–H and O–H groups in total. The monoisotopic (exact) mass is 484 g/mol. The maximum absolute atomic E-state index is 13.1. The van der Waals surface area contributed by atoms with Gasteiger partial charge in [-0.3, -0.25) is 4.79 Å². The van der Waals surface area contributed by atoms with E-state index in [1.165, 1.54) is 32.7 Å². The van der Waals surface area contributed by atoms with Crippen LogP contribution in [0.25, 0.3) is 10.6 Å². The van der Waals surface area contributed by atoms with Crippen LogP contribution in [-0.2, 0) is 11.3 Å². The molecule has 0 saturated heterocycles. The first-order chi connectivity index (χ1) is 16.1. The molecule has 3 rings (SSSR count). The van der Waals surface area contributed by atoms with Crippen molar-refractivity contribution in [1.82, 2.24) is 10.3 Å². The maximum atomic E-state index is 13.1. The molecule has 0 aliphatic carbocycles. The largest absolute Gasteiger partial charge is 0.493 e. The minimum Gasteiger partial charge on any atom is -0.493 e. The molecule has 8 nitrogen and oxygen atoms in total. The minimum absolute atomic E-state index is 0.158. The summed E-state index contributed by atoms with van der Waals surface area (Å²) in [6.45, 7) is 5.82. The van der Waals surface area contributed by atoms with E-state index in [4.69, 9.17) is 18.9 Å². The van der Waals surface area contributed by atoms with Crippen LogP contribution in [0.15, 0.2) is 41.8 Å². The molecule has 0 aliphatic heterocycles. The number of nitrogens with one attached hydrogen (secondary N) is 1. The first-order valence-electron chi connectivity index (χ1n) is 10.5. The Morgan fingerprint density at radius 1 is 0.971 bits per heavy atom. The number of methoxy groups -OCH3 is 3. The highest BCUT2D eigenvalue weighted by molar-refractivity contribution is 7.13. The topological polar surface area (TPSA) is 96.0 Å². The zero-order valence-corrected chi connectivity index (χ0v) is 20.9. The fourth-order valence-corrected chi connectivity index (χ4v) is 3.91. The standard InChI is InChI=1S/C25H28N2O6S/c1-25(2,3)27-24(29)33-13-15-7-9-16(10-8-15)23-26-18(14-34-23)21(28)17-11-19(30-4)22(32-6)20(12-17)31-5/h7-12,14H,13H2,1-6H3,(H,27,29). The molecule has 9 heteroatoms. The van der Waals surface area contributed by atoms with Gasteiger partial charge in [-0.1, -0.05) is 24.3 Å². The molecule has 34 heavy (non-hydrogen) atoms. The number of amides is 1. The summed E-state index contributed by atoms with van der Waals surface area (Å²) in [7, 11) is 4.50. The van der Waals surface area contributed by atoms with Crippen molar-refractivity contribution in [3.05, 3.63) is 58.6 Å². The molecule has 0 fully saturated rings. The summed E-state index contributed by atoms with van der Waals surface area (Å²) in [6.07, 6.45) is -0.466. The van der Waals surface area contributed by atoms with Gasteiger partial charge >= 0.3 is 6.09 Å². The Hall–Kier alpha value is -3.59. The lowest BCUT2D eigenvalue weighted by Gasteiger charge is -2.19. The van der Waals surface area contributed by atoms with Crippen LogP contribution >= 0.6 is 11.3 Å². The Morgan fingerprint density at radius 2 is 1.59 bits per heavy atom. The van der Waals surface area contributed by atoms with Crippen LogP contribution in [-0.4, -0.2) is 43.7 Å². The Balaban J connectivity index is 1.73. The fraction of sp³-hybridized carbons (Fsp3) is 0.320. The summed E-state index contributed by atoms with van der Waals surface area (Å²) < 4.78 is 21.2. The normalized spacial score (nSPS) is 11.0. The number of carbonyl (C=O) groups excluding carboxylic acids is 2. The summed E-state index contributed by atoms with van der Waals surface area (Å²) in [5, 5.41) is 5.17. The Morgan fingerprint density at radius 3 is 2.12 bits per heavy atom. The van der Waals surface area contributed by atoms with Crippen LogP contribution in [0.3, 0.4) is 0 Å². The van der Waals surface area contributed by atoms with Crippen LogP contribution in [0.4, 0.5) is 4.79 Å². The van der Waals surface area contributed by atoms with Crippen molar-refractivity contribution in [2.45, 2.75) is 32.9 Å². The van der Waals surface area contributed by atoms with E-state index in [1.807, 2.05) is 45.0 Å². The molecule has 0 radical (unpaired) electrons. The molecule has 0 saturated carbocycles.